The Morgan fingerprint density at radius 3 is 2.50 bits per heavy atom. The Morgan fingerprint density at radius 1 is 1.12 bits per heavy atom. The van der Waals surface area contributed by atoms with E-state index in [9.17, 15) is 0 Å². The first-order chi connectivity index (χ1) is 11.7. The van der Waals surface area contributed by atoms with Crippen molar-refractivity contribution in [2.24, 2.45) is 0 Å². The molecule has 1 aliphatic heterocycles. The van der Waals surface area contributed by atoms with Crippen LogP contribution in [0.2, 0.25) is 0 Å². The molecule has 1 aliphatic rings. The Hall–Kier alpha value is -1.59. The number of hydrogen-bond donors (Lipinski definition) is 1. The number of anilines is 1. The minimum atomic E-state index is 0.509. The quantitative estimate of drug-likeness (QED) is 0.891. The summed E-state index contributed by atoms with van der Waals surface area (Å²) in [4.78, 5) is 12.9. The number of benzene rings is 1. The molecule has 1 fully saturated rings. The van der Waals surface area contributed by atoms with E-state index in [4.69, 9.17) is 0 Å². The number of nitrogens with one attached hydrogen (secondary N) is 1. The number of aromatic nitrogens is 2. The summed E-state index contributed by atoms with van der Waals surface area (Å²) in [6, 6.07) is 9.18. The summed E-state index contributed by atoms with van der Waals surface area (Å²) in [5.41, 5.74) is 1.36. The van der Waals surface area contributed by atoms with E-state index in [-0.39, 0.29) is 0 Å². The van der Waals surface area contributed by atoms with Crippen LogP contribution in [0.25, 0.3) is 0 Å². The van der Waals surface area contributed by atoms with Crippen LogP contribution in [0.3, 0.4) is 0 Å². The highest BCUT2D eigenvalue weighted by atomic mass is 32.2. The van der Waals surface area contributed by atoms with Crippen LogP contribution in [0.15, 0.2) is 46.6 Å². The molecule has 0 radical (unpaired) electrons. The number of rotatable bonds is 5. The first kappa shape index (κ1) is 17.2. The number of piperidine rings is 1. The second kappa shape index (κ2) is 7.99. The molecule has 4 nitrogen and oxygen atoms in total. The van der Waals surface area contributed by atoms with E-state index in [0.29, 0.717) is 12.0 Å². The van der Waals surface area contributed by atoms with Crippen LogP contribution in [0, 0.1) is 0 Å². The van der Waals surface area contributed by atoms with Gasteiger partial charge in [-0.3, -0.25) is 0 Å². The molecule has 2 heterocycles. The lowest BCUT2D eigenvalue weighted by atomic mass is 10.0. The van der Waals surface area contributed by atoms with Crippen molar-refractivity contribution in [3.05, 3.63) is 42.2 Å². The van der Waals surface area contributed by atoms with Gasteiger partial charge in [0.15, 0.2) is 0 Å². The standard InChI is InChI=1S/C19H26N4S/c1-14(2)16-6-4-5-7-17(16)24-19-13-21-18(12-22-19)23-10-8-15(20-3)9-11-23/h4-7,12-15,20H,8-11H2,1-3H3. The normalized spacial score (nSPS) is 15.9. The van der Waals surface area contributed by atoms with Crippen LogP contribution in [-0.2, 0) is 0 Å². The van der Waals surface area contributed by atoms with Gasteiger partial charge >= 0.3 is 0 Å². The number of nitrogens with zero attached hydrogens (tertiary/aromatic N) is 3. The SMILES string of the molecule is CNC1CCN(c2cnc(Sc3ccccc3C(C)C)cn2)CC1. The first-order valence-electron chi connectivity index (χ1n) is 8.68. The molecule has 1 aromatic heterocycles. The van der Waals surface area contributed by atoms with Crippen LogP contribution in [0.4, 0.5) is 5.82 Å². The van der Waals surface area contributed by atoms with E-state index >= 15 is 0 Å². The minimum Gasteiger partial charge on any atom is -0.355 e. The monoisotopic (exact) mass is 342 g/mol. The van der Waals surface area contributed by atoms with Gasteiger partial charge < -0.3 is 10.2 Å². The van der Waals surface area contributed by atoms with Crippen molar-refractivity contribution in [3.63, 3.8) is 0 Å². The largest absolute Gasteiger partial charge is 0.355 e. The predicted molar refractivity (Wildman–Crippen MR) is 101 cm³/mol. The van der Waals surface area contributed by atoms with Crippen molar-refractivity contribution in [2.45, 2.75) is 48.6 Å². The van der Waals surface area contributed by atoms with Gasteiger partial charge in [-0.05, 0) is 37.4 Å². The third-order valence-electron chi connectivity index (χ3n) is 4.60. The molecule has 1 aromatic carbocycles. The van der Waals surface area contributed by atoms with Gasteiger partial charge in [0.1, 0.15) is 10.8 Å². The Kier molecular flexibility index (Phi) is 5.74. The molecule has 3 rings (SSSR count). The lowest BCUT2D eigenvalue weighted by Crippen LogP contribution is -2.41. The summed E-state index contributed by atoms with van der Waals surface area (Å²) < 4.78 is 0. The van der Waals surface area contributed by atoms with Crippen molar-refractivity contribution < 1.29 is 0 Å². The summed E-state index contributed by atoms with van der Waals surface area (Å²) >= 11 is 1.70. The zero-order chi connectivity index (χ0) is 16.9. The van der Waals surface area contributed by atoms with Crippen LogP contribution in [0.5, 0.6) is 0 Å². The highest BCUT2D eigenvalue weighted by molar-refractivity contribution is 7.99. The van der Waals surface area contributed by atoms with Crippen molar-refractivity contribution in [3.8, 4) is 0 Å². The molecular formula is C19H26N4S. The molecule has 0 unspecified atom stereocenters. The van der Waals surface area contributed by atoms with Gasteiger partial charge in [-0.15, -0.1) is 0 Å². The first-order valence-corrected chi connectivity index (χ1v) is 9.50. The molecule has 0 saturated carbocycles. The van der Waals surface area contributed by atoms with Gasteiger partial charge in [-0.25, -0.2) is 9.97 Å². The summed E-state index contributed by atoms with van der Waals surface area (Å²) in [7, 11) is 2.04. The van der Waals surface area contributed by atoms with Crippen LogP contribution in [-0.4, -0.2) is 36.1 Å². The molecule has 1 N–H and O–H groups in total. The Balaban J connectivity index is 1.67. The average Bonchev–Trinajstić information content (AvgIpc) is 2.63. The van der Waals surface area contributed by atoms with E-state index in [0.717, 1.165) is 36.8 Å². The van der Waals surface area contributed by atoms with Crippen molar-refractivity contribution in [1.82, 2.24) is 15.3 Å². The van der Waals surface area contributed by atoms with Crippen molar-refractivity contribution in [2.75, 3.05) is 25.0 Å². The maximum absolute atomic E-state index is 4.65. The van der Waals surface area contributed by atoms with Gasteiger partial charge in [0.2, 0.25) is 0 Å². The molecular weight excluding hydrogens is 316 g/mol. The maximum atomic E-state index is 4.65. The van der Waals surface area contributed by atoms with E-state index in [1.54, 1.807) is 11.8 Å². The number of hydrogen-bond acceptors (Lipinski definition) is 5. The average molecular weight is 343 g/mol. The van der Waals surface area contributed by atoms with E-state index < -0.39 is 0 Å². The molecule has 2 aromatic rings. The van der Waals surface area contributed by atoms with Gasteiger partial charge in [0.05, 0.1) is 12.4 Å². The fraction of sp³-hybridized carbons (Fsp3) is 0.474. The highest BCUT2D eigenvalue weighted by Crippen LogP contribution is 2.32. The second-order valence-corrected chi connectivity index (χ2v) is 7.62. The zero-order valence-corrected chi connectivity index (χ0v) is 15.5. The van der Waals surface area contributed by atoms with Gasteiger partial charge in [-0.2, -0.15) is 0 Å². The van der Waals surface area contributed by atoms with E-state index in [1.165, 1.54) is 10.5 Å². The fourth-order valence-corrected chi connectivity index (χ4v) is 4.09. The summed E-state index contributed by atoms with van der Waals surface area (Å²) in [5.74, 6) is 1.50. The molecule has 24 heavy (non-hydrogen) atoms. The molecule has 0 atom stereocenters. The highest BCUT2D eigenvalue weighted by Gasteiger charge is 2.19. The van der Waals surface area contributed by atoms with Crippen LogP contribution in [0.1, 0.15) is 38.2 Å². The molecule has 0 amide bonds. The lowest BCUT2D eigenvalue weighted by molar-refractivity contribution is 0.440. The molecule has 0 bridgehead atoms. The van der Waals surface area contributed by atoms with Gasteiger partial charge in [0, 0.05) is 24.0 Å². The summed E-state index contributed by atoms with van der Waals surface area (Å²) in [6.45, 7) is 6.54. The lowest BCUT2D eigenvalue weighted by Gasteiger charge is -2.32. The Morgan fingerprint density at radius 2 is 1.88 bits per heavy atom. The fourth-order valence-electron chi connectivity index (χ4n) is 3.09. The van der Waals surface area contributed by atoms with E-state index in [2.05, 4.69) is 58.3 Å². The zero-order valence-electron chi connectivity index (χ0n) is 14.7. The Labute approximate surface area is 149 Å². The molecule has 1 saturated heterocycles. The van der Waals surface area contributed by atoms with Gasteiger partial charge in [0.25, 0.3) is 0 Å². The topological polar surface area (TPSA) is 41.0 Å². The van der Waals surface area contributed by atoms with Gasteiger partial charge in [-0.1, -0.05) is 43.8 Å². The predicted octanol–water partition coefficient (Wildman–Crippen LogP) is 3.94. The minimum absolute atomic E-state index is 0.509. The molecule has 128 valence electrons. The molecule has 0 spiro atoms. The van der Waals surface area contributed by atoms with Crippen molar-refractivity contribution in [1.29, 1.82) is 0 Å². The third-order valence-corrected chi connectivity index (χ3v) is 5.61. The van der Waals surface area contributed by atoms with Crippen molar-refractivity contribution >= 4 is 17.6 Å². The summed E-state index contributed by atoms with van der Waals surface area (Å²) in [6.07, 6.45) is 6.15. The smallest absolute Gasteiger partial charge is 0.147 e. The van der Waals surface area contributed by atoms with Crippen LogP contribution >= 0.6 is 11.8 Å². The van der Waals surface area contributed by atoms with E-state index in [1.807, 2.05) is 19.4 Å². The third kappa shape index (κ3) is 4.08. The molecule has 0 aliphatic carbocycles. The maximum Gasteiger partial charge on any atom is 0.147 e. The second-order valence-electron chi connectivity index (χ2n) is 6.56. The van der Waals surface area contributed by atoms with Crippen LogP contribution < -0.4 is 10.2 Å². The molecule has 5 heteroatoms. The Bertz CT molecular complexity index is 649. The summed E-state index contributed by atoms with van der Waals surface area (Å²) in [5, 5.41) is 4.32.